The lowest BCUT2D eigenvalue weighted by Gasteiger charge is -2.21. The number of hydrogen-bond acceptors (Lipinski definition) is 3. The summed E-state index contributed by atoms with van der Waals surface area (Å²) in [6.07, 6.45) is 6.59. The molecule has 2 rings (SSSR count). The number of hydrogen-bond donors (Lipinski definition) is 2. The zero-order chi connectivity index (χ0) is 18.3. The third-order valence-electron chi connectivity index (χ3n) is 4.55. The highest BCUT2D eigenvalue weighted by molar-refractivity contribution is 7.88. The number of sulfonamides is 1. The van der Waals surface area contributed by atoms with Crippen LogP contribution in [0.1, 0.15) is 63.5 Å². The Hall–Kier alpha value is -1.40. The molecule has 0 aliphatic heterocycles. The molecule has 1 amide bonds. The maximum absolute atomic E-state index is 12.2. The Morgan fingerprint density at radius 3 is 2.40 bits per heavy atom. The second-order valence-electron chi connectivity index (χ2n) is 7.29. The summed E-state index contributed by atoms with van der Waals surface area (Å²) in [4.78, 5) is 12.2. The second-order valence-corrected chi connectivity index (χ2v) is 9.04. The molecule has 5 nitrogen and oxygen atoms in total. The Balaban J connectivity index is 1.92. The highest BCUT2D eigenvalue weighted by atomic mass is 32.2. The van der Waals surface area contributed by atoms with Gasteiger partial charge < -0.3 is 5.32 Å². The van der Waals surface area contributed by atoms with E-state index in [0.29, 0.717) is 18.9 Å². The number of benzene rings is 1. The minimum absolute atomic E-state index is 0.0601. The fourth-order valence-corrected chi connectivity index (χ4v) is 4.89. The molecule has 25 heavy (non-hydrogen) atoms. The van der Waals surface area contributed by atoms with Crippen molar-refractivity contribution in [3.05, 3.63) is 35.4 Å². The maximum atomic E-state index is 12.2. The van der Waals surface area contributed by atoms with Gasteiger partial charge in [-0.2, -0.15) is 0 Å². The fourth-order valence-electron chi connectivity index (χ4n) is 3.40. The lowest BCUT2D eigenvalue weighted by Crippen LogP contribution is -2.32. The molecular weight excluding hydrogens is 336 g/mol. The van der Waals surface area contributed by atoms with E-state index in [4.69, 9.17) is 0 Å². The lowest BCUT2D eigenvalue weighted by molar-refractivity contribution is -0.122. The lowest BCUT2D eigenvalue weighted by atomic mass is 9.87. The smallest absolute Gasteiger partial charge is 0.220 e. The summed E-state index contributed by atoms with van der Waals surface area (Å²) in [5, 5.41) is 2.96. The largest absolute Gasteiger partial charge is 0.352 e. The fraction of sp³-hybridized carbons (Fsp3) is 0.632. The average Bonchev–Trinajstić information content (AvgIpc) is 2.53. The zero-order valence-corrected chi connectivity index (χ0v) is 16.1. The molecule has 0 spiro atoms. The predicted octanol–water partition coefficient (Wildman–Crippen LogP) is 3.10. The number of carbonyl (C=O) groups excluding carboxylic acids is 1. The molecule has 1 aliphatic carbocycles. The van der Waals surface area contributed by atoms with E-state index in [1.54, 1.807) is 13.8 Å². The van der Waals surface area contributed by atoms with Crippen molar-refractivity contribution in [1.29, 1.82) is 0 Å². The van der Waals surface area contributed by atoms with Crippen LogP contribution in [-0.4, -0.2) is 20.4 Å². The van der Waals surface area contributed by atoms with Crippen molar-refractivity contribution >= 4 is 15.9 Å². The molecule has 0 saturated heterocycles. The van der Waals surface area contributed by atoms with Crippen molar-refractivity contribution < 1.29 is 13.2 Å². The van der Waals surface area contributed by atoms with E-state index in [1.807, 2.05) is 24.3 Å². The third-order valence-corrected chi connectivity index (χ3v) is 6.08. The van der Waals surface area contributed by atoms with Crippen molar-refractivity contribution in [2.45, 2.75) is 70.7 Å². The van der Waals surface area contributed by atoms with Crippen molar-refractivity contribution in [2.24, 2.45) is 5.92 Å². The minimum atomic E-state index is -3.38. The molecule has 140 valence electrons. The summed E-state index contributed by atoms with van der Waals surface area (Å²) in [5.41, 5.74) is 1.59. The van der Waals surface area contributed by atoms with Crippen LogP contribution in [0.4, 0.5) is 0 Å². The van der Waals surface area contributed by atoms with Gasteiger partial charge in [-0.1, -0.05) is 43.5 Å². The number of amides is 1. The van der Waals surface area contributed by atoms with Crippen LogP contribution in [0, 0.1) is 5.92 Å². The molecule has 2 N–H and O–H groups in total. The second kappa shape index (κ2) is 9.34. The Labute approximate surface area is 151 Å². The molecule has 1 saturated carbocycles. The first-order chi connectivity index (χ1) is 11.9. The molecule has 0 bridgehead atoms. The molecule has 6 heteroatoms. The molecule has 0 atom stereocenters. The summed E-state index contributed by atoms with van der Waals surface area (Å²) in [6, 6.07) is 7.25. The van der Waals surface area contributed by atoms with Gasteiger partial charge >= 0.3 is 0 Å². The van der Waals surface area contributed by atoms with Crippen LogP contribution in [-0.2, 0) is 27.1 Å². The Morgan fingerprint density at radius 1 is 1.12 bits per heavy atom. The van der Waals surface area contributed by atoms with Gasteiger partial charge in [0.15, 0.2) is 0 Å². The van der Waals surface area contributed by atoms with E-state index in [-0.39, 0.29) is 17.7 Å². The van der Waals surface area contributed by atoms with Crippen LogP contribution in [0.2, 0.25) is 0 Å². The van der Waals surface area contributed by atoms with Gasteiger partial charge in [-0.15, -0.1) is 0 Å². The summed E-state index contributed by atoms with van der Waals surface area (Å²) in [7, 11) is -3.38. The molecule has 0 aromatic heterocycles. The van der Waals surface area contributed by atoms with Crippen LogP contribution in [0.25, 0.3) is 0 Å². The van der Waals surface area contributed by atoms with E-state index in [0.717, 1.165) is 24.0 Å². The molecule has 1 aliphatic rings. The molecule has 1 aromatic carbocycles. The summed E-state index contributed by atoms with van der Waals surface area (Å²) < 4.78 is 26.9. The van der Waals surface area contributed by atoms with E-state index in [1.165, 1.54) is 19.3 Å². The van der Waals surface area contributed by atoms with Crippen LogP contribution in [0.3, 0.4) is 0 Å². The van der Waals surface area contributed by atoms with Crippen LogP contribution >= 0.6 is 0 Å². The average molecular weight is 367 g/mol. The van der Waals surface area contributed by atoms with Crippen LogP contribution in [0.15, 0.2) is 24.3 Å². The SMILES string of the molecule is CC(C)NS(=O)(=O)Cc1ccccc1CNC(=O)CC1CCCCC1. The van der Waals surface area contributed by atoms with E-state index >= 15 is 0 Å². The minimum Gasteiger partial charge on any atom is -0.352 e. The van der Waals surface area contributed by atoms with E-state index in [2.05, 4.69) is 10.0 Å². The van der Waals surface area contributed by atoms with Gasteiger partial charge in [-0.05, 0) is 43.7 Å². The number of nitrogens with one attached hydrogen (secondary N) is 2. The topological polar surface area (TPSA) is 75.3 Å². The van der Waals surface area contributed by atoms with Gasteiger partial charge in [0, 0.05) is 19.0 Å². The molecule has 0 unspecified atom stereocenters. The van der Waals surface area contributed by atoms with Gasteiger partial charge in [-0.3, -0.25) is 4.79 Å². The molecule has 0 heterocycles. The van der Waals surface area contributed by atoms with Crippen molar-refractivity contribution in [3.8, 4) is 0 Å². The van der Waals surface area contributed by atoms with Crippen molar-refractivity contribution in [1.82, 2.24) is 10.0 Å². The molecule has 0 radical (unpaired) electrons. The zero-order valence-electron chi connectivity index (χ0n) is 15.3. The molecule has 1 fully saturated rings. The van der Waals surface area contributed by atoms with Crippen molar-refractivity contribution in [2.75, 3.05) is 0 Å². The number of rotatable bonds is 8. The molecule has 1 aromatic rings. The van der Waals surface area contributed by atoms with Gasteiger partial charge in [0.25, 0.3) is 0 Å². The standard InChI is InChI=1S/C19H30N2O3S/c1-15(2)21-25(23,24)14-18-11-7-6-10-17(18)13-20-19(22)12-16-8-4-3-5-9-16/h6-7,10-11,15-16,21H,3-5,8-9,12-14H2,1-2H3,(H,20,22). The quantitative estimate of drug-likeness (QED) is 0.742. The van der Waals surface area contributed by atoms with Crippen LogP contribution < -0.4 is 10.0 Å². The maximum Gasteiger partial charge on any atom is 0.220 e. The highest BCUT2D eigenvalue weighted by Crippen LogP contribution is 2.26. The van der Waals surface area contributed by atoms with E-state index in [9.17, 15) is 13.2 Å². The third kappa shape index (κ3) is 7.16. The first kappa shape index (κ1) is 19.9. The summed E-state index contributed by atoms with van der Waals surface area (Å²) >= 11 is 0. The normalized spacial score (nSPS) is 16.1. The van der Waals surface area contributed by atoms with Crippen LogP contribution in [0.5, 0.6) is 0 Å². The van der Waals surface area contributed by atoms with E-state index < -0.39 is 10.0 Å². The number of carbonyl (C=O) groups is 1. The van der Waals surface area contributed by atoms with Gasteiger partial charge in [-0.25, -0.2) is 13.1 Å². The Morgan fingerprint density at radius 2 is 1.76 bits per heavy atom. The van der Waals surface area contributed by atoms with Gasteiger partial charge in [0.1, 0.15) is 0 Å². The predicted molar refractivity (Wildman–Crippen MR) is 100 cm³/mol. The van der Waals surface area contributed by atoms with Gasteiger partial charge in [0.2, 0.25) is 15.9 Å². The Bertz CT molecular complexity index is 665. The first-order valence-electron chi connectivity index (χ1n) is 9.19. The highest BCUT2D eigenvalue weighted by Gasteiger charge is 2.18. The van der Waals surface area contributed by atoms with Gasteiger partial charge in [0.05, 0.1) is 5.75 Å². The summed E-state index contributed by atoms with van der Waals surface area (Å²) in [6.45, 7) is 3.98. The summed E-state index contributed by atoms with van der Waals surface area (Å²) in [5.74, 6) is 0.490. The Kier molecular flexibility index (Phi) is 7.44. The first-order valence-corrected chi connectivity index (χ1v) is 10.8. The monoisotopic (exact) mass is 366 g/mol. The molecular formula is C19H30N2O3S. The van der Waals surface area contributed by atoms with Crippen molar-refractivity contribution in [3.63, 3.8) is 0 Å².